The monoisotopic (exact) mass is 378 g/mol. The number of aromatic nitrogens is 3. The highest BCUT2D eigenvalue weighted by molar-refractivity contribution is 7.99. The van der Waals surface area contributed by atoms with E-state index in [-0.39, 0.29) is 6.23 Å². The van der Waals surface area contributed by atoms with Crippen LogP contribution in [0.4, 0.5) is 5.69 Å². The van der Waals surface area contributed by atoms with Gasteiger partial charge in [-0.25, -0.2) is 0 Å². The molecule has 0 bridgehead atoms. The third-order valence-electron chi connectivity index (χ3n) is 4.44. The van der Waals surface area contributed by atoms with Crippen LogP contribution in [0, 0.1) is 6.92 Å². The molecule has 1 aromatic heterocycles. The summed E-state index contributed by atoms with van der Waals surface area (Å²) in [6, 6.07) is 16.4. The minimum absolute atomic E-state index is 0.335. The highest BCUT2D eigenvalue weighted by Crippen LogP contribution is 2.39. The minimum Gasteiger partial charge on any atom is -0.448 e. The van der Waals surface area contributed by atoms with Crippen molar-refractivity contribution in [2.24, 2.45) is 0 Å². The van der Waals surface area contributed by atoms with E-state index in [0.29, 0.717) is 16.7 Å². The van der Waals surface area contributed by atoms with Crippen LogP contribution in [0.3, 0.4) is 0 Å². The lowest BCUT2D eigenvalue weighted by atomic mass is 10.1. The summed E-state index contributed by atoms with van der Waals surface area (Å²) in [7, 11) is 0. The number of fused-ring (bicyclic) bond motifs is 3. The predicted octanol–water partition coefficient (Wildman–Crippen LogP) is 5.24. The van der Waals surface area contributed by atoms with E-state index in [1.54, 1.807) is 11.8 Å². The lowest BCUT2D eigenvalue weighted by Crippen LogP contribution is -2.17. The fourth-order valence-corrected chi connectivity index (χ4v) is 3.77. The SMILES string of the molecule is CCCCSc1nnc2c(n1)O[C@@H](c1ccc(C)cc1)Nc1ccccc1-2. The lowest BCUT2D eigenvalue weighted by molar-refractivity contribution is 0.225. The molecule has 0 amide bonds. The molecule has 0 radical (unpaired) electrons. The van der Waals surface area contributed by atoms with E-state index in [1.165, 1.54) is 5.56 Å². The van der Waals surface area contributed by atoms with Crippen molar-refractivity contribution in [3.05, 3.63) is 59.7 Å². The lowest BCUT2D eigenvalue weighted by Gasteiger charge is -2.19. The van der Waals surface area contributed by atoms with E-state index in [1.807, 2.05) is 24.3 Å². The van der Waals surface area contributed by atoms with Crippen LogP contribution in [-0.2, 0) is 0 Å². The van der Waals surface area contributed by atoms with Crippen molar-refractivity contribution >= 4 is 17.4 Å². The first-order valence-electron chi connectivity index (χ1n) is 9.21. The van der Waals surface area contributed by atoms with Gasteiger partial charge < -0.3 is 10.1 Å². The molecule has 1 N–H and O–H groups in total. The molecule has 0 fully saturated rings. The summed E-state index contributed by atoms with van der Waals surface area (Å²) in [5, 5.41) is 12.9. The van der Waals surface area contributed by atoms with Gasteiger partial charge in [0.05, 0.1) is 0 Å². The number of thioether (sulfide) groups is 1. The molecular weight excluding hydrogens is 356 g/mol. The first kappa shape index (κ1) is 17.8. The van der Waals surface area contributed by atoms with Crippen LogP contribution in [0.2, 0.25) is 0 Å². The Morgan fingerprint density at radius 3 is 2.70 bits per heavy atom. The standard InChI is InChI=1S/C21H22N4OS/c1-3-4-13-27-21-23-20-18(24-25-21)16-7-5-6-8-17(16)22-19(26-20)15-11-9-14(2)10-12-15/h5-12,19,22H,3-4,13H2,1-2H3/t19-/m0/s1. The zero-order chi connectivity index (χ0) is 18.6. The molecular formula is C21H22N4OS. The van der Waals surface area contributed by atoms with E-state index in [2.05, 4.69) is 58.6 Å². The molecule has 138 valence electrons. The van der Waals surface area contributed by atoms with Crippen molar-refractivity contribution in [1.29, 1.82) is 0 Å². The number of benzene rings is 2. The summed E-state index contributed by atoms with van der Waals surface area (Å²) in [5.74, 6) is 1.50. The molecule has 2 heterocycles. The molecule has 0 saturated carbocycles. The predicted molar refractivity (Wildman–Crippen MR) is 109 cm³/mol. The van der Waals surface area contributed by atoms with Gasteiger partial charge in [-0.15, -0.1) is 10.2 Å². The summed E-state index contributed by atoms with van der Waals surface area (Å²) in [5.41, 5.74) is 4.85. The molecule has 1 atom stereocenters. The summed E-state index contributed by atoms with van der Waals surface area (Å²) >= 11 is 1.62. The van der Waals surface area contributed by atoms with Crippen LogP contribution >= 0.6 is 11.8 Å². The van der Waals surface area contributed by atoms with E-state index < -0.39 is 0 Å². The Kier molecular flexibility index (Phi) is 5.25. The minimum atomic E-state index is -0.335. The first-order chi connectivity index (χ1) is 13.2. The maximum absolute atomic E-state index is 6.27. The largest absolute Gasteiger partial charge is 0.448 e. The number of nitrogens with zero attached hydrogens (tertiary/aromatic N) is 3. The van der Waals surface area contributed by atoms with Gasteiger partial charge in [0.1, 0.15) is 0 Å². The van der Waals surface area contributed by atoms with Crippen molar-refractivity contribution in [2.45, 2.75) is 38.1 Å². The molecule has 0 spiro atoms. The fourth-order valence-electron chi connectivity index (χ4n) is 2.91. The Morgan fingerprint density at radius 2 is 1.89 bits per heavy atom. The maximum Gasteiger partial charge on any atom is 0.247 e. The van der Waals surface area contributed by atoms with Crippen molar-refractivity contribution in [1.82, 2.24) is 15.2 Å². The van der Waals surface area contributed by atoms with Crippen molar-refractivity contribution < 1.29 is 4.74 Å². The third kappa shape index (κ3) is 3.90. The maximum atomic E-state index is 6.27. The molecule has 1 aliphatic rings. The second-order valence-corrected chi connectivity index (χ2v) is 7.61. The smallest absolute Gasteiger partial charge is 0.247 e. The van der Waals surface area contributed by atoms with Gasteiger partial charge in [-0.2, -0.15) is 4.98 Å². The quantitative estimate of drug-likeness (QED) is 0.484. The Hall–Kier alpha value is -2.60. The third-order valence-corrected chi connectivity index (χ3v) is 5.37. The number of anilines is 1. The van der Waals surface area contributed by atoms with Gasteiger partial charge in [-0.1, -0.05) is 73.1 Å². The average Bonchev–Trinajstić information content (AvgIpc) is 2.85. The number of ether oxygens (including phenoxy) is 1. The van der Waals surface area contributed by atoms with Gasteiger partial charge in [0.2, 0.25) is 11.0 Å². The summed E-state index contributed by atoms with van der Waals surface area (Å²) in [4.78, 5) is 4.66. The van der Waals surface area contributed by atoms with Crippen LogP contribution in [0.5, 0.6) is 5.88 Å². The molecule has 0 aliphatic carbocycles. The highest BCUT2D eigenvalue weighted by Gasteiger charge is 2.25. The summed E-state index contributed by atoms with van der Waals surface area (Å²) in [6.45, 7) is 4.25. The molecule has 0 saturated heterocycles. The van der Waals surface area contributed by atoms with Crippen molar-refractivity contribution in [2.75, 3.05) is 11.1 Å². The van der Waals surface area contributed by atoms with Gasteiger partial charge in [0, 0.05) is 22.6 Å². The second kappa shape index (κ2) is 7.96. The normalized spacial score (nSPS) is 15.1. The molecule has 4 rings (SSSR count). The van der Waals surface area contributed by atoms with Crippen LogP contribution in [0.15, 0.2) is 53.7 Å². The van der Waals surface area contributed by atoms with Crippen molar-refractivity contribution in [3.8, 4) is 17.1 Å². The van der Waals surface area contributed by atoms with E-state index in [0.717, 1.165) is 35.4 Å². The van der Waals surface area contributed by atoms with Crippen LogP contribution in [-0.4, -0.2) is 20.9 Å². The zero-order valence-corrected chi connectivity index (χ0v) is 16.3. The molecule has 2 aromatic carbocycles. The number of para-hydroxylation sites is 1. The number of hydrogen-bond acceptors (Lipinski definition) is 6. The topological polar surface area (TPSA) is 59.9 Å². The molecule has 27 heavy (non-hydrogen) atoms. The molecule has 0 unspecified atom stereocenters. The summed E-state index contributed by atoms with van der Waals surface area (Å²) in [6.07, 6.45) is 1.94. The number of rotatable bonds is 5. The number of unbranched alkanes of at least 4 members (excludes halogenated alkanes) is 1. The molecule has 5 nitrogen and oxygen atoms in total. The molecule has 1 aliphatic heterocycles. The Labute approximate surface area is 163 Å². The van der Waals surface area contributed by atoms with Gasteiger partial charge >= 0.3 is 0 Å². The number of nitrogens with one attached hydrogen (secondary N) is 1. The summed E-state index contributed by atoms with van der Waals surface area (Å²) < 4.78 is 6.27. The van der Waals surface area contributed by atoms with Crippen LogP contribution in [0.1, 0.15) is 37.1 Å². The average molecular weight is 379 g/mol. The van der Waals surface area contributed by atoms with Crippen LogP contribution < -0.4 is 10.1 Å². The fraction of sp³-hybridized carbons (Fsp3) is 0.286. The molecule has 6 heteroatoms. The van der Waals surface area contributed by atoms with Gasteiger partial charge in [-0.3, -0.25) is 0 Å². The highest BCUT2D eigenvalue weighted by atomic mass is 32.2. The van der Waals surface area contributed by atoms with Crippen LogP contribution in [0.25, 0.3) is 11.3 Å². The second-order valence-electron chi connectivity index (χ2n) is 6.55. The van der Waals surface area contributed by atoms with Gasteiger partial charge in [0.15, 0.2) is 11.9 Å². The Balaban J connectivity index is 1.73. The zero-order valence-electron chi connectivity index (χ0n) is 15.5. The first-order valence-corrected chi connectivity index (χ1v) is 10.2. The van der Waals surface area contributed by atoms with Gasteiger partial charge in [-0.05, 0) is 19.4 Å². The number of aryl methyl sites for hydroxylation is 1. The molecule has 3 aromatic rings. The van der Waals surface area contributed by atoms with E-state index in [9.17, 15) is 0 Å². The van der Waals surface area contributed by atoms with E-state index in [4.69, 9.17) is 4.74 Å². The number of hydrogen-bond donors (Lipinski definition) is 1. The Bertz CT molecular complexity index is 930. The van der Waals surface area contributed by atoms with Gasteiger partial charge in [0.25, 0.3) is 0 Å². The van der Waals surface area contributed by atoms with E-state index >= 15 is 0 Å². The van der Waals surface area contributed by atoms with Crippen molar-refractivity contribution in [3.63, 3.8) is 0 Å². The Morgan fingerprint density at radius 1 is 1.07 bits per heavy atom.